The van der Waals surface area contributed by atoms with Gasteiger partial charge in [-0.25, -0.2) is 0 Å². The van der Waals surface area contributed by atoms with Crippen molar-refractivity contribution in [1.29, 1.82) is 0 Å². The Kier molecular flexibility index (Phi) is 2.98. The molecule has 2 saturated heterocycles. The summed E-state index contributed by atoms with van der Waals surface area (Å²) in [7, 11) is 0. The highest BCUT2D eigenvalue weighted by molar-refractivity contribution is 4.74. The van der Waals surface area contributed by atoms with Gasteiger partial charge in [-0.1, -0.05) is 0 Å². The Labute approximate surface area is 73.4 Å². The molecule has 2 aliphatic rings. The number of ether oxygens (including phenoxy) is 2. The van der Waals surface area contributed by atoms with Crippen molar-refractivity contribution in [3.63, 3.8) is 0 Å². The Hall–Kier alpha value is -0.120. The lowest BCUT2D eigenvalue weighted by Crippen LogP contribution is -2.44. The van der Waals surface area contributed by atoms with Gasteiger partial charge in [0.15, 0.2) is 0 Å². The monoisotopic (exact) mass is 171 g/mol. The second-order valence-electron chi connectivity index (χ2n) is 3.70. The molecular weight excluding hydrogens is 154 g/mol. The normalized spacial score (nSPS) is 30.5. The summed E-state index contributed by atoms with van der Waals surface area (Å²) in [5.74, 6) is 0.756. The van der Waals surface area contributed by atoms with E-state index >= 15 is 0 Å². The van der Waals surface area contributed by atoms with Crippen LogP contribution < -0.4 is 5.32 Å². The van der Waals surface area contributed by atoms with E-state index < -0.39 is 0 Å². The van der Waals surface area contributed by atoms with E-state index in [9.17, 15) is 0 Å². The number of hydrogen-bond donors (Lipinski definition) is 1. The molecule has 70 valence electrons. The lowest BCUT2D eigenvalue weighted by Gasteiger charge is -2.27. The van der Waals surface area contributed by atoms with Gasteiger partial charge in [0.05, 0.1) is 19.3 Å². The van der Waals surface area contributed by atoms with Gasteiger partial charge in [-0.15, -0.1) is 0 Å². The third-order valence-corrected chi connectivity index (χ3v) is 2.55. The van der Waals surface area contributed by atoms with Gasteiger partial charge in [-0.3, -0.25) is 0 Å². The van der Waals surface area contributed by atoms with Crippen molar-refractivity contribution < 1.29 is 9.47 Å². The molecule has 0 aromatic heterocycles. The van der Waals surface area contributed by atoms with Crippen LogP contribution in [0.3, 0.4) is 0 Å². The fourth-order valence-electron chi connectivity index (χ4n) is 1.61. The topological polar surface area (TPSA) is 30.5 Å². The SMILES string of the molecule is C1CO[C@H](COCC2CNC2)C1. The molecule has 0 aliphatic carbocycles. The standard InChI is InChI=1S/C9H17NO2/c1-2-9(12-3-1)7-11-6-8-4-10-5-8/h8-10H,1-7H2/t9-/m0/s1. The smallest absolute Gasteiger partial charge is 0.0809 e. The highest BCUT2D eigenvalue weighted by Gasteiger charge is 2.19. The van der Waals surface area contributed by atoms with Crippen LogP contribution in [0.25, 0.3) is 0 Å². The fourth-order valence-corrected chi connectivity index (χ4v) is 1.61. The maximum Gasteiger partial charge on any atom is 0.0809 e. The van der Waals surface area contributed by atoms with Crippen LogP contribution in [0.15, 0.2) is 0 Å². The van der Waals surface area contributed by atoms with Gasteiger partial charge in [0.25, 0.3) is 0 Å². The molecule has 0 unspecified atom stereocenters. The fraction of sp³-hybridized carbons (Fsp3) is 1.00. The lowest BCUT2D eigenvalue weighted by atomic mass is 10.1. The molecule has 0 radical (unpaired) electrons. The minimum absolute atomic E-state index is 0.387. The van der Waals surface area contributed by atoms with Crippen LogP contribution in [0.5, 0.6) is 0 Å². The summed E-state index contributed by atoms with van der Waals surface area (Å²) in [6.07, 6.45) is 2.78. The van der Waals surface area contributed by atoms with E-state index in [1.54, 1.807) is 0 Å². The Bertz CT molecular complexity index is 130. The summed E-state index contributed by atoms with van der Waals surface area (Å²) in [5.41, 5.74) is 0. The summed E-state index contributed by atoms with van der Waals surface area (Å²) < 4.78 is 11.0. The Morgan fingerprint density at radius 1 is 1.33 bits per heavy atom. The molecule has 2 aliphatic heterocycles. The van der Waals surface area contributed by atoms with Gasteiger partial charge < -0.3 is 14.8 Å². The van der Waals surface area contributed by atoms with Crippen LogP contribution in [-0.4, -0.2) is 39.0 Å². The van der Waals surface area contributed by atoms with E-state index in [-0.39, 0.29) is 0 Å². The minimum Gasteiger partial charge on any atom is -0.378 e. The van der Waals surface area contributed by atoms with Gasteiger partial charge in [0.2, 0.25) is 0 Å². The first kappa shape index (κ1) is 8.48. The number of rotatable bonds is 4. The average molecular weight is 171 g/mol. The van der Waals surface area contributed by atoms with Gasteiger partial charge in [0, 0.05) is 25.6 Å². The Morgan fingerprint density at radius 2 is 2.25 bits per heavy atom. The molecule has 0 saturated carbocycles. The largest absolute Gasteiger partial charge is 0.378 e. The molecule has 12 heavy (non-hydrogen) atoms. The third-order valence-electron chi connectivity index (χ3n) is 2.55. The molecule has 2 heterocycles. The molecule has 0 aromatic carbocycles. The predicted molar refractivity (Wildman–Crippen MR) is 46.2 cm³/mol. The molecule has 3 heteroatoms. The predicted octanol–water partition coefficient (Wildman–Crippen LogP) is 0.401. The van der Waals surface area contributed by atoms with Crippen molar-refractivity contribution in [2.45, 2.75) is 18.9 Å². The molecule has 0 bridgehead atoms. The quantitative estimate of drug-likeness (QED) is 0.664. The van der Waals surface area contributed by atoms with Gasteiger partial charge >= 0.3 is 0 Å². The Morgan fingerprint density at radius 3 is 2.83 bits per heavy atom. The molecule has 1 atom stereocenters. The van der Waals surface area contributed by atoms with E-state index in [0.717, 1.165) is 38.8 Å². The van der Waals surface area contributed by atoms with Gasteiger partial charge in [0.1, 0.15) is 0 Å². The van der Waals surface area contributed by atoms with E-state index in [4.69, 9.17) is 9.47 Å². The van der Waals surface area contributed by atoms with Crippen LogP contribution in [0.4, 0.5) is 0 Å². The van der Waals surface area contributed by atoms with E-state index in [1.807, 2.05) is 0 Å². The van der Waals surface area contributed by atoms with Crippen LogP contribution in [0.2, 0.25) is 0 Å². The first-order chi connectivity index (χ1) is 5.95. The summed E-state index contributed by atoms with van der Waals surface area (Å²) in [4.78, 5) is 0. The molecule has 0 spiro atoms. The highest BCUT2D eigenvalue weighted by atomic mass is 16.5. The average Bonchev–Trinajstić information content (AvgIpc) is 2.46. The highest BCUT2D eigenvalue weighted by Crippen LogP contribution is 2.12. The zero-order valence-corrected chi connectivity index (χ0v) is 7.42. The van der Waals surface area contributed by atoms with Crippen LogP contribution in [-0.2, 0) is 9.47 Å². The Balaban J connectivity index is 1.49. The zero-order valence-electron chi connectivity index (χ0n) is 7.42. The second kappa shape index (κ2) is 4.21. The van der Waals surface area contributed by atoms with E-state index in [1.165, 1.54) is 12.8 Å². The molecule has 2 fully saturated rings. The van der Waals surface area contributed by atoms with Crippen molar-refractivity contribution in [3.05, 3.63) is 0 Å². The van der Waals surface area contributed by atoms with Crippen LogP contribution in [0, 0.1) is 5.92 Å². The molecule has 1 N–H and O–H groups in total. The number of nitrogens with one attached hydrogen (secondary N) is 1. The van der Waals surface area contributed by atoms with Crippen molar-refractivity contribution in [3.8, 4) is 0 Å². The zero-order chi connectivity index (χ0) is 8.23. The minimum atomic E-state index is 0.387. The van der Waals surface area contributed by atoms with Crippen LogP contribution >= 0.6 is 0 Å². The first-order valence-corrected chi connectivity index (χ1v) is 4.85. The summed E-state index contributed by atoms with van der Waals surface area (Å²) in [6.45, 7) is 4.90. The maximum absolute atomic E-state index is 5.56. The molecule has 3 nitrogen and oxygen atoms in total. The van der Waals surface area contributed by atoms with E-state index in [0.29, 0.717) is 6.10 Å². The first-order valence-electron chi connectivity index (χ1n) is 4.85. The summed E-state index contributed by atoms with van der Waals surface area (Å²) >= 11 is 0. The molecule has 0 amide bonds. The molecule has 2 rings (SSSR count). The molecular formula is C9H17NO2. The second-order valence-corrected chi connectivity index (χ2v) is 3.70. The summed E-state index contributed by atoms with van der Waals surface area (Å²) in [6, 6.07) is 0. The van der Waals surface area contributed by atoms with Crippen LogP contribution in [0.1, 0.15) is 12.8 Å². The third kappa shape index (κ3) is 2.19. The van der Waals surface area contributed by atoms with E-state index in [2.05, 4.69) is 5.32 Å². The van der Waals surface area contributed by atoms with Crippen molar-refractivity contribution in [2.24, 2.45) is 5.92 Å². The number of hydrogen-bond acceptors (Lipinski definition) is 3. The van der Waals surface area contributed by atoms with Crippen molar-refractivity contribution in [1.82, 2.24) is 5.32 Å². The summed E-state index contributed by atoms with van der Waals surface area (Å²) in [5, 5.41) is 3.23. The van der Waals surface area contributed by atoms with Crippen molar-refractivity contribution >= 4 is 0 Å². The molecule has 0 aromatic rings. The van der Waals surface area contributed by atoms with Crippen molar-refractivity contribution in [2.75, 3.05) is 32.9 Å². The maximum atomic E-state index is 5.56. The van der Waals surface area contributed by atoms with Gasteiger partial charge in [-0.05, 0) is 12.8 Å². The van der Waals surface area contributed by atoms with Gasteiger partial charge in [-0.2, -0.15) is 0 Å². The lowest BCUT2D eigenvalue weighted by molar-refractivity contribution is -0.000907.